The van der Waals surface area contributed by atoms with Gasteiger partial charge in [-0.15, -0.1) is 0 Å². The molecule has 0 aliphatic heterocycles. The maximum atomic E-state index is 8.72. The van der Waals surface area contributed by atoms with E-state index < -0.39 is 6.04 Å². The van der Waals surface area contributed by atoms with Crippen molar-refractivity contribution >= 4 is 97.0 Å². The van der Waals surface area contributed by atoms with Gasteiger partial charge in [-0.05, 0) is 256 Å². The Bertz CT molecular complexity index is 7910. The molecule has 0 spiro atoms. The number of benzene rings is 22. The Morgan fingerprint density at radius 2 is 0.470 bits per heavy atom. The van der Waals surface area contributed by atoms with Crippen LogP contribution in [-0.2, 0) is 5.41 Å². The minimum atomic E-state index is -0.393. The Morgan fingerprint density at radius 1 is 0.162 bits per heavy atom. The van der Waals surface area contributed by atoms with Crippen molar-refractivity contribution < 1.29 is 6.85 Å². The van der Waals surface area contributed by atoms with Gasteiger partial charge in [0, 0.05) is 5.41 Å². The van der Waals surface area contributed by atoms with E-state index >= 15 is 0 Å². The molecule has 0 radical (unpaired) electrons. The molecule has 23 rings (SSSR count). The fourth-order valence-electron chi connectivity index (χ4n) is 18.8. The molecular weight excluding hydrogens is 1410 g/mol. The van der Waals surface area contributed by atoms with Gasteiger partial charge in [-0.1, -0.05) is 426 Å². The van der Waals surface area contributed by atoms with Gasteiger partial charge in [-0.25, -0.2) is 0 Å². The van der Waals surface area contributed by atoms with E-state index in [-0.39, 0.29) is 35.1 Å². The van der Waals surface area contributed by atoms with Crippen molar-refractivity contribution in [3.05, 3.63) is 460 Å². The molecule has 0 aromatic heterocycles. The molecule has 0 bridgehead atoms. The second kappa shape index (κ2) is 29.6. The predicted octanol–water partition coefficient (Wildman–Crippen LogP) is 32.7. The molecule has 0 N–H and O–H groups in total. The first kappa shape index (κ1) is 64.7. The van der Waals surface area contributed by atoms with Crippen LogP contribution in [0.5, 0.6) is 0 Å². The molecule has 0 saturated heterocycles. The van der Waals surface area contributed by atoms with E-state index in [1.807, 2.05) is 24.3 Å². The van der Waals surface area contributed by atoms with Crippen LogP contribution in [-0.4, -0.2) is 0 Å². The van der Waals surface area contributed by atoms with E-state index in [1.54, 1.807) is 0 Å². The summed E-state index contributed by atoms with van der Waals surface area (Å²) >= 11 is 0. The van der Waals surface area contributed by atoms with E-state index in [0.717, 1.165) is 60.0 Å². The summed E-state index contributed by atoms with van der Waals surface area (Å²) in [5, 5.41) is 21.6. The van der Waals surface area contributed by atoms with Gasteiger partial charge < -0.3 is 0 Å². The van der Waals surface area contributed by atoms with Crippen LogP contribution in [0, 0.1) is 0 Å². The zero-order valence-electron chi connectivity index (χ0n) is 69.8. The lowest BCUT2D eigenvalue weighted by molar-refractivity contribution is 0.660. The standard InChI is InChI=1S/C41H30.C40H26.C36H24/c1-41(2)37-20-12-11-17-31(37)32-23-22-30(26-38(32)41)40-34-19-10-9-18-33(34)39(28-15-7-4-8-16-28)36-25-29(21-24-35(36)40)27-13-5-3-6-14-27;1-2-11-27(12-3-1)31-23-24-37-38(26-31)40(34-20-10-16-29-14-6-7-17-33(29)34)36-19-9-8-18-35(36)39(37)32-22-21-28-13-4-5-15-30(28)25-32;1-3-11-25(12-4-1)29-21-22-33-34(24-29)35(27-14-5-2-6-15-27)31-17-9-10-18-32(31)36(33)30-20-19-26-13-7-8-16-28(26)23-30/h3-26H,1-2H3;1-26H;1-24H/i;1D,2D,3D,11D,12D;. The minimum absolute atomic E-state index is 0.0436. The van der Waals surface area contributed by atoms with Crippen molar-refractivity contribution in [3.63, 3.8) is 0 Å². The lowest BCUT2D eigenvalue weighted by atomic mass is 9.80. The molecule has 0 unspecified atom stereocenters. The van der Waals surface area contributed by atoms with Crippen LogP contribution >= 0.6 is 0 Å². The third-order valence-corrected chi connectivity index (χ3v) is 24.2. The smallest absolute Gasteiger partial charge is 0.0622 e. The number of rotatable bonds is 9. The second-order valence-corrected chi connectivity index (χ2v) is 31.2. The van der Waals surface area contributed by atoms with Crippen molar-refractivity contribution in [3.8, 4) is 111 Å². The highest BCUT2D eigenvalue weighted by atomic mass is 14.4. The molecule has 0 heterocycles. The SMILES string of the molecule is CC1(C)c2ccccc2-c2ccc(-c3c4ccccc4c(-c4ccccc4)c4cc(-c5ccccc5)ccc34)cc21.[2H]c1c([2H])c([2H])c(-c2ccc3c(-c4ccc5ccccc5c4)c4ccccc4c(-c4cccc5ccccc45)c3c2)c([2H])c1[2H].c1ccc(-c2ccc3c(-c4ccc5ccccc5c4)c4ccccc4c(-c4ccccc4)c3c2)cc1. The van der Waals surface area contributed by atoms with Gasteiger partial charge >= 0.3 is 0 Å². The normalized spacial score (nSPS) is 12.7. The van der Waals surface area contributed by atoms with Crippen LogP contribution in [0.15, 0.2) is 449 Å². The van der Waals surface area contributed by atoms with Crippen molar-refractivity contribution in [2.75, 3.05) is 0 Å². The second-order valence-electron chi connectivity index (χ2n) is 31.2. The highest BCUT2D eigenvalue weighted by molar-refractivity contribution is 6.26. The highest BCUT2D eigenvalue weighted by Crippen LogP contribution is 2.54. The molecule has 0 heteroatoms. The van der Waals surface area contributed by atoms with Gasteiger partial charge in [-0.2, -0.15) is 0 Å². The van der Waals surface area contributed by atoms with Crippen molar-refractivity contribution in [2.24, 2.45) is 0 Å². The summed E-state index contributed by atoms with van der Waals surface area (Å²) in [4.78, 5) is 0. The van der Waals surface area contributed by atoms with E-state index in [1.165, 1.54) is 148 Å². The third kappa shape index (κ3) is 12.5. The van der Waals surface area contributed by atoms with Crippen molar-refractivity contribution in [1.29, 1.82) is 0 Å². The Morgan fingerprint density at radius 3 is 0.940 bits per heavy atom. The fourth-order valence-corrected chi connectivity index (χ4v) is 18.8. The first-order valence-corrected chi connectivity index (χ1v) is 40.4. The third-order valence-electron chi connectivity index (χ3n) is 24.2. The lowest BCUT2D eigenvalue weighted by Gasteiger charge is -2.23. The summed E-state index contributed by atoms with van der Waals surface area (Å²) < 4.78 is 42.2. The molecular formula is C117H80. The molecule has 22 aromatic rings. The summed E-state index contributed by atoms with van der Waals surface area (Å²) in [6, 6.07) is 149. The number of hydrogen-bond donors (Lipinski definition) is 0. The molecule has 22 aromatic carbocycles. The number of fused-ring (bicyclic) bond motifs is 12. The first-order valence-electron chi connectivity index (χ1n) is 42.9. The summed E-state index contributed by atoms with van der Waals surface area (Å²) in [7, 11) is 0. The van der Waals surface area contributed by atoms with Crippen LogP contribution in [0.2, 0.25) is 0 Å². The van der Waals surface area contributed by atoms with Crippen molar-refractivity contribution in [2.45, 2.75) is 19.3 Å². The number of hydrogen-bond acceptors (Lipinski definition) is 0. The molecule has 0 fully saturated rings. The van der Waals surface area contributed by atoms with Crippen molar-refractivity contribution in [1.82, 2.24) is 0 Å². The Hall–Kier alpha value is -14.8. The largest absolute Gasteiger partial charge is 0.0629 e. The molecule has 548 valence electrons. The van der Waals surface area contributed by atoms with Gasteiger partial charge in [-0.3, -0.25) is 0 Å². The predicted molar refractivity (Wildman–Crippen MR) is 503 cm³/mol. The zero-order valence-corrected chi connectivity index (χ0v) is 64.8. The maximum Gasteiger partial charge on any atom is 0.0629 e. The first-order chi connectivity index (χ1) is 59.9. The highest BCUT2D eigenvalue weighted by Gasteiger charge is 2.36. The fraction of sp³-hybridized carbons (Fsp3) is 0.0256. The van der Waals surface area contributed by atoms with Gasteiger partial charge in [0.1, 0.15) is 0 Å². The topological polar surface area (TPSA) is 0 Å². The lowest BCUT2D eigenvalue weighted by Crippen LogP contribution is -2.14. The Labute approximate surface area is 689 Å². The van der Waals surface area contributed by atoms with E-state index in [9.17, 15) is 0 Å². The van der Waals surface area contributed by atoms with Gasteiger partial charge in [0.25, 0.3) is 0 Å². The average Bonchev–Trinajstić information content (AvgIpc) is 1.65. The monoisotopic (exact) mass is 1490 g/mol. The molecule has 0 amide bonds. The van der Waals surface area contributed by atoms with Crippen LogP contribution < -0.4 is 0 Å². The summed E-state index contributed by atoms with van der Waals surface area (Å²) in [5.74, 6) is 0. The molecule has 0 nitrogen and oxygen atoms in total. The average molecular weight is 1490 g/mol. The van der Waals surface area contributed by atoms with E-state index in [0.29, 0.717) is 5.56 Å². The molecule has 1 aliphatic rings. The Kier molecular flexibility index (Phi) is 16.4. The molecule has 1 aliphatic carbocycles. The molecule has 0 atom stereocenters. The van der Waals surface area contributed by atoms with Crippen LogP contribution in [0.3, 0.4) is 0 Å². The zero-order chi connectivity index (χ0) is 82.3. The summed E-state index contributed by atoms with van der Waals surface area (Å²) in [6.45, 7) is 4.73. The van der Waals surface area contributed by atoms with E-state index in [4.69, 9.17) is 6.85 Å². The summed E-state index contributed by atoms with van der Waals surface area (Å²) in [5.41, 5.74) is 25.8. The maximum absolute atomic E-state index is 8.72. The summed E-state index contributed by atoms with van der Waals surface area (Å²) in [6.07, 6.45) is 0. The van der Waals surface area contributed by atoms with Crippen LogP contribution in [0.25, 0.3) is 208 Å². The van der Waals surface area contributed by atoms with Gasteiger partial charge in [0.05, 0.1) is 6.85 Å². The molecule has 0 saturated carbocycles. The quantitative estimate of drug-likeness (QED) is 0.126. The molecule has 117 heavy (non-hydrogen) atoms. The van der Waals surface area contributed by atoms with Crippen LogP contribution in [0.1, 0.15) is 31.8 Å². The van der Waals surface area contributed by atoms with Gasteiger partial charge in [0.15, 0.2) is 0 Å². The van der Waals surface area contributed by atoms with E-state index in [2.05, 4.69) is 408 Å². The van der Waals surface area contributed by atoms with Crippen LogP contribution in [0.4, 0.5) is 0 Å². The minimum Gasteiger partial charge on any atom is -0.0622 e. The van der Waals surface area contributed by atoms with Gasteiger partial charge in [0.2, 0.25) is 0 Å². The Balaban J connectivity index is 0.000000113.